The lowest BCUT2D eigenvalue weighted by Gasteiger charge is -2.08. The van der Waals surface area contributed by atoms with E-state index in [1.807, 2.05) is 0 Å². The molecule has 0 aliphatic heterocycles. The van der Waals surface area contributed by atoms with Gasteiger partial charge in [-0.05, 0) is 41.9 Å². The number of ketones is 1. The lowest BCUT2D eigenvalue weighted by atomic mass is 10.1. The van der Waals surface area contributed by atoms with E-state index in [1.54, 1.807) is 11.5 Å². The Hall–Kier alpha value is -1.80. The lowest BCUT2D eigenvalue weighted by Crippen LogP contribution is -1.97. The molecule has 0 aliphatic rings. The second-order valence-corrected chi connectivity index (χ2v) is 5.41. The van der Waals surface area contributed by atoms with Crippen LogP contribution in [-0.4, -0.2) is 28.2 Å². The number of carbonyl (C=O) groups excluding carboxylic acids is 1. The molecule has 0 N–H and O–H groups in total. The highest BCUT2D eigenvalue weighted by atomic mass is 32.2. The summed E-state index contributed by atoms with van der Waals surface area (Å²) in [5.41, 5.74) is 0.940. The quantitative estimate of drug-likeness (QED) is 0.459. The van der Waals surface area contributed by atoms with Crippen molar-refractivity contribution in [1.82, 2.24) is 9.59 Å². The predicted octanol–water partition coefficient (Wildman–Crippen LogP) is 3.76. The molecule has 0 spiro atoms. The summed E-state index contributed by atoms with van der Waals surface area (Å²) in [5, 5.41) is 5.48. The van der Waals surface area contributed by atoms with E-state index in [-0.39, 0.29) is 16.4 Å². The van der Waals surface area contributed by atoms with Gasteiger partial charge < -0.3 is 4.74 Å². The van der Waals surface area contributed by atoms with Crippen molar-refractivity contribution in [3.05, 3.63) is 40.9 Å². The highest BCUT2D eigenvalue weighted by Crippen LogP contribution is 2.34. The molecule has 4 nitrogen and oxygen atoms in total. The van der Waals surface area contributed by atoms with E-state index in [9.17, 15) is 13.6 Å². The zero-order valence-electron chi connectivity index (χ0n) is 10.8. The Labute approximate surface area is 128 Å². The topological polar surface area (TPSA) is 52.1 Å². The minimum absolute atomic E-state index is 0.245. The number of methoxy groups -OCH3 is 1. The number of alkyl halides is 2. The standard InChI is InChI=1S/C13H10F2N2O2S2/c1-19-11-6-8(2-5-12(11)21-13(14)15)10(18)4-3-9-7-20-17-16-9/h2-7,13H,1H3/b4-3-. The fourth-order valence-electron chi connectivity index (χ4n) is 1.52. The van der Waals surface area contributed by atoms with Crippen LogP contribution in [-0.2, 0) is 0 Å². The van der Waals surface area contributed by atoms with E-state index >= 15 is 0 Å². The molecule has 2 rings (SSSR count). The van der Waals surface area contributed by atoms with E-state index in [1.165, 1.54) is 42.9 Å². The Kier molecular flexibility index (Phi) is 5.40. The Morgan fingerprint density at radius 3 is 2.90 bits per heavy atom. The van der Waals surface area contributed by atoms with Gasteiger partial charge >= 0.3 is 0 Å². The van der Waals surface area contributed by atoms with Crippen LogP contribution in [0.25, 0.3) is 6.08 Å². The number of benzene rings is 1. The van der Waals surface area contributed by atoms with Gasteiger partial charge in [-0.1, -0.05) is 16.3 Å². The van der Waals surface area contributed by atoms with Crippen molar-refractivity contribution in [2.45, 2.75) is 10.7 Å². The van der Waals surface area contributed by atoms with Gasteiger partial charge in [-0.3, -0.25) is 4.79 Å². The van der Waals surface area contributed by atoms with Crippen LogP contribution in [0.5, 0.6) is 5.75 Å². The Bertz CT molecular complexity index is 646. The summed E-state index contributed by atoms with van der Waals surface area (Å²) in [5.74, 6) is -2.57. The van der Waals surface area contributed by atoms with Crippen molar-refractivity contribution >= 4 is 35.2 Å². The van der Waals surface area contributed by atoms with Gasteiger partial charge in [0.25, 0.3) is 5.76 Å². The zero-order chi connectivity index (χ0) is 15.2. The van der Waals surface area contributed by atoms with Crippen molar-refractivity contribution in [1.29, 1.82) is 0 Å². The molecule has 0 amide bonds. The maximum atomic E-state index is 12.4. The molecule has 1 heterocycles. The van der Waals surface area contributed by atoms with Crippen molar-refractivity contribution in [3.63, 3.8) is 0 Å². The molecular weight excluding hydrogens is 318 g/mol. The molecule has 0 saturated heterocycles. The summed E-state index contributed by atoms with van der Waals surface area (Å²) in [4.78, 5) is 12.3. The van der Waals surface area contributed by atoms with E-state index in [0.717, 1.165) is 0 Å². The van der Waals surface area contributed by atoms with Gasteiger partial charge in [0, 0.05) is 10.9 Å². The first-order valence-electron chi connectivity index (χ1n) is 5.72. The summed E-state index contributed by atoms with van der Waals surface area (Å²) in [6, 6.07) is 4.37. The Balaban J connectivity index is 2.18. The first kappa shape index (κ1) is 15.6. The van der Waals surface area contributed by atoms with Crippen LogP contribution in [0.3, 0.4) is 0 Å². The largest absolute Gasteiger partial charge is 0.496 e. The summed E-state index contributed by atoms with van der Waals surface area (Å²) in [7, 11) is 1.37. The van der Waals surface area contributed by atoms with E-state index in [4.69, 9.17) is 4.74 Å². The average molecular weight is 328 g/mol. The summed E-state index contributed by atoms with van der Waals surface area (Å²) < 4.78 is 33.5. The number of hydrogen-bond acceptors (Lipinski definition) is 6. The highest BCUT2D eigenvalue weighted by Gasteiger charge is 2.13. The van der Waals surface area contributed by atoms with Crippen LogP contribution in [0.4, 0.5) is 8.78 Å². The monoisotopic (exact) mass is 328 g/mol. The number of thioether (sulfide) groups is 1. The molecule has 0 saturated carbocycles. The number of ether oxygens (including phenoxy) is 1. The molecule has 1 aromatic heterocycles. The van der Waals surface area contributed by atoms with E-state index in [0.29, 0.717) is 23.0 Å². The second-order valence-electron chi connectivity index (χ2n) is 3.77. The molecular formula is C13H10F2N2O2S2. The van der Waals surface area contributed by atoms with Crippen molar-refractivity contribution in [2.24, 2.45) is 0 Å². The number of nitrogens with zero attached hydrogens (tertiary/aromatic N) is 2. The van der Waals surface area contributed by atoms with Gasteiger partial charge in [0.2, 0.25) is 0 Å². The molecule has 0 radical (unpaired) electrons. The van der Waals surface area contributed by atoms with Gasteiger partial charge in [-0.15, -0.1) is 5.10 Å². The number of halogens is 2. The van der Waals surface area contributed by atoms with Crippen molar-refractivity contribution in [2.75, 3.05) is 7.11 Å². The Morgan fingerprint density at radius 1 is 1.48 bits per heavy atom. The Morgan fingerprint density at radius 2 is 2.29 bits per heavy atom. The third-order valence-electron chi connectivity index (χ3n) is 2.45. The number of allylic oxidation sites excluding steroid dienone is 1. The van der Waals surface area contributed by atoms with Crippen LogP contribution >= 0.6 is 23.3 Å². The van der Waals surface area contributed by atoms with E-state index in [2.05, 4.69) is 9.59 Å². The molecule has 1 aromatic carbocycles. The third-order valence-corrected chi connectivity index (χ3v) is 3.74. The van der Waals surface area contributed by atoms with Crippen molar-refractivity contribution in [3.8, 4) is 5.75 Å². The molecule has 21 heavy (non-hydrogen) atoms. The normalized spacial score (nSPS) is 11.2. The molecule has 0 atom stereocenters. The zero-order valence-corrected chi connectivity index (χ0v) is 12.5. The van der Waals surface area contributed by atoms with Crippen LogP contribution in [0, 0.1) is 0 Å². The number of rotatable bonds is 6. The van der Waals surface area contributed by atoms with Crippen LogP contribution in [0.15, 0.2) is 34.6 Å². The van der Waals surface area contributed by atoms with E-state index < -0.39 is 5.76 Å². The minimum atomic E-state index is -2.54. The molecule has 0 fully saturated rings. The fraction of sp³-hybridized carbons (Fsp3) is 0.154. The van der Waals surface area contributed by atoms with Gasteiger partial charge in [0.15, 0.2) is 5.78 Å². The molecule has 0 unspecified atom stereocenters. The fourth-order valence-corrected chi connectivity index (χ4v) is 2.54. The third kappa shape index (κ3) is 4.33. The first-order valence-corrected chi connectivity index (χ1v) is 7.44. The number of carbonyl (C=O) groups is 1. The van der Waals surface area contributed by atoms with Gasteiger partial charge in [-0.25, -0.2) is 0 Å². The highest BCUT2D eigenvalue weighted by molar-refractivity contribution is 7.99. The minimum Gasteiger partial charge on any atom is -0.496 e. The van der Waals surface area contributed by atoms with Gasteiger partial charge in [0.05, 0.1) is 17.7 Å². The molecule has 110 valence electrons. The molecule has 2 aromatic rings. The van der Waals surface area contributed by atoms with Crippen LogP contribution in [0.1, 0.15) is 16.1 Å². The predicted molar refractivity (Wildman–Crippen MR) is 78.1 cm³/mol. The lowest BCUT2D eigenvalue weighted by molar-refractivity contribution is 0.104. The van der Waals surface area contributed by atoms with Crippen molar-refractivity contribution < 1.29 is 18.3 Å². The summed E-state index contributed by atoms with van der Waals surface area (Å²) in [6.07, 6.45) is 2.89. The smallest absolute Gasteiger partial charge is 0.289 e. The second kappa shape index (κ2) is 7.28. The maximum absolute atomic E-state index is 12.4. The molecule has 8 heteroatoms. The van der Waals surface area contributed by atoms with Crippen LogP contribution < -0.4 is 4.74 Å². The first-order chi connectivity index (χ1) is 10.1. The van der Waals surface area contributed by atoms with Gasteiger partial charge in [-0.2, -0.15) is 8.78 Å². The SMILES string of the molecule is COc1cc(C(=O)/C=C\c2csnn2)ccc1SC(F)F. The average Bonchev–Trinajstić information content (AvgIpc) is 2.98. The number of hydrogen-bond donors (Lipinski definition) is 0. The maximum Gasteiger partial charge on any atom is 0.289 e. The molecule has 0 aliphatic carbocycles. The summed E-state index contributed by atoms with van der Waals surface area (Å²) in [6.45, 7) is 0. The van der Waals surface area contributed by atoms with Gasteiger partial charge in [0.1, 0.15) is 5.75 Å². The number of aromatic nitrogens is 2. The summed E-state index contributed by atoms with van der Waals surface area (Å²) >= 11 is 1.56. The van der Waals surface area contributed by atoms with Crippen LogP contribution in [0.2, 0.25) is 0 Å². The molecule has 0 bridgehead atoms.